The number of para-hydroxylation sites is 1. The number of carbonyl (C=O) groups is 1. The summed E-state index contributed by atoms with van der Waals surface area (Å²) < 4.78 is 29.5. The predicted octanol–water partition coefficient (Wildman–Crippen LogP) is 5.77. The summed E-state index contributed by atoms with van der Waals surface area (Å²) in [6, 6.07) is 17.9. The average molecular weight is 582 g/mol. The van der Waals surface area contributed by atoms with Gasteiger partial charge in [-0.2, -0.15) is 9.78 Å². The maximum Gasteiger partial charge on any atom is 0.346 e. The standard InChI is InChI=1S/C33H31N3O7/c1-6-11-22-16-21(17-28(41-7-2)30(22)42-20(3)33(38)40-5)19-34-36-31(35-25-13-9-8-12-23(25)32(36)37)29-18-24-26(39-4)14-10-15-27(24)43-29/h6,8-10,12-20H,1,7,11H2,2-5H3/t20-/m0/s1. The van der Waals surface area contributed by atoms with Crippen LogP contribution in [-0.2, 0) is 16.0 Å². The number of hydrogen-bond acceptors (Lipinski definition) is 9. The Hall–Kier alpha value is -5.38. The molecule has 0 spiro atoms. The van der Waals surface area contributed by atoms with Crippen molar-refractivity contribution in [3.05, 3.63) is 94.8 Å². The van der Waals surface area contributed by atoms with Gasteiger partial charge in [-0.05, 0) is 68.3 Å². The quantitative estimate of drug-likeness (QED) is 0.110. The van der Waals surface area contributed by atoms with E-state index in [1.807, 2.05) is 37.3 Å². The monoisotopic (exact) mass is 581 g/mol. The van der Waals surface area contributed by atoms with Crippen molar-refractivity contribution in [2.75, 3.05) is 20.8 Å². The van der Waals surface area contributed by atoms with Crippen molar-refractivity contribution in [2.45, 2.75) is 26.4 Å². The van der Waals surface area contributed by atoms with Crippen LogP contribution in [0.5, 0.6) is 17.2 Å². The number of hydrogen-bond donors (Lipinski definition) is 0. The summed E-state index contributed by atoms with van der Waals surface area (Å²) in [6.45, 7) is 7.64. The molecule has 0 aliphatic rings. The molecule has 0 bridgehead atoms. The second-order valence-corrected chi connectivity index (χ2v) is 9.51. The lowest BCUT2D eigenvalue weighted by molar-refractivity contribution is -0.147. The summed E-state index contributed by atoms with van der Waals surface area (Å²) in [5.74, 6) is 1.50. The molecular weight excluding hydrogens is 550 g/mol. The summed E-state index contributed by atoms with van der Waals surface area (Å²) in [5, 5.41) is 5.72. The van der Waals surface area contributed by atoms with Crippen LogP contribution in [-0.4, -0.2) is 48.8 Å². The summed E-state index contributed by atoms with van der Waals surface area (Å²) in [6.07, 6.45) is 2.81. The van der Waals surface area contributed by atoms with Crippen LogP contribution in [0.3, 0.4) is 0 Å². The van der Waals surface area contributed by atoms with E-state index in [9.17, 15) is 9.59 Å². The Morgan fingerprint density at radius 1 is 1.09 bits per heavy atom. The number of esters is 1. The smallest absolute Gasteiger partial charge is 0.346 e. The Kier molecular flexibility index (Phi) is 8.56. The number of rotatable bonds is 11. The van der Waals surface area contributed by atoms with Crippen LogP contribution in [0.25, 0.3) is 33.5 Å². The highest BCUT2D eigenvalue weighted by Crippen LogP contribution is 2.35. The van der Waals surface area contributed by atoms with Crippen LogP contribution in [0.4, 0.5) is 0 Å². The third-order valence-corrected chi connectivity index (χ3v) is 6.68. The number of nitrogens with zero attached hydrogens (tertiary/aromatic N) is 3. The van der Waals surface area contributed by atoms with Crippen LogP contribution in [0.15, 0.2) is 87.6 Å². The third-order valence-electron chi connectivity index (χ3n) is 6.68. The molecule has 0 saturated carbocycles. The minimum absolute atomic E-state index is 0.224. The molecule has 220 valence electrons. The molecule has 3 aromatic carbocycles. The van der Waals surface area contributed by atoms with Gasteiger partial charge in [0, 0.05) is 5.56 Å². The molecule has 43 heavy (non-hydrogen) atoms. The molecule has 10 heteroatoms. The van der Waals surface area contributed by atoms with Crippen LogP contribution >= 0.6 is 0 Å². The summed E-state index contributed by atoms with van der Waals surface area (Å²) in [7, 11) is 2.88. The molecule has 0 unspecified atom stereocenters. The first-order valence-electron chi connectivity index (χ1n) is 13.7. The van der Waals surface area contributed by atoms with Gasteiger partial charge >= 0.3 is 5.97 Å². The van der Waals surface area contributed by atoms with Crippen LogP contribution in [0, 0.1) is 0 Å². The molecule has 0 amide bonds. The van der Waals surface area contributed by atoms with Crippen molar-refractivity contribution < 1.29 is 28.2 Å². The van der Waals surface area contributed by atoms with E-state index < -0.39 is 12.1 Å². The minimum Gasteiger partial charge on any atom is -0.496 e. The van der Waals surface area contributed by atoms with Crippen molar-refractivity contribution in [3.8, 4) is 28.8 Å². The van der Waals surface area contributed by atoms with Crippen molar-refractivity contribution in [1.82, 2.24) is 9.66 Å². The number of ether oxygens (including phenoxy) is 4. The Morgan fingerprint density at radius 3 is 2.65 bits per heavy atom. The lowest BCUT2D eigenvalue weighted by Crippen LogP contribution is -2.25. The molecule has 2 aromatic heterocycles. The molecule has 10 nitrogen and oxygen atoms in total. The third kappa shape index (κ3) is 5.85. The highest BCUT2D eigenvalue weighted by Gasteiger charge is 2.21. The van der Waals surface area contributed by atoms with Crippen molar-refractivity contribution in [3.63, 3.8) is 0 Å². The molecular formula is C33H31N3O7. The normalized spacial score (nSPS) is 12.0. The van der Waals surface area contributed by atoms with Crippen LogP contribution in [0.1, 0.15) is 25.0 Å². The van der Waals surface area contributed by atoms with Gasteiger partial charge in [0.05, 0.1) is 43.3 Å². The van der Waals surface area contributed by atoms with E-state index in [0.29, 0.717) is 63.6 Å². The van der Waals surface area contributed by atoms with Gasteiger partial charge in [-0.15, -0.1) is 6.58 Å². The molecule has 5 rings (SSSR count). The van der Waals surface area contributed by atoms with E-state index in [1.165, 1.54) is 18.0 Å². The highest BCUT2D eigenvalue weighted by atomic mass is 16.6. The van der Waals surface area contributed by atoms with Crippen molar-refractivity contribution >= 4 is 34.1 Å². The fourth-order valence-corrected chi connectivity index (χ4v) is 4.69. The fourth-order valence-electron chi connectivity index (χ4n) is 4.69. The van der Waals surface area contributed by atoms with E-state index in [2.05, 4.69) is 11.7 Å². The maximum atomic E-state index is 13.7. The zero-order valence-corrected chi connectivity index (χ0v) is 24.3. The molecule has 0 saturated heterocycles. The molecule has 1 atom stereocenters. The van der Waals surface area contributed by atoms with Gasteiger partial charge in [-0.3, -0.25) is 4.79 Å². The number of benzene rings is 3. The van der Waals surface area contributed by atoms with Gasteiger partial charge in [-0.1, -0.05) is 24.3 Å². The first kappa shape index (κ1) is 29.1. The number of aromatic nitrogens is 2. The van der Waals surface area contributed by atoms with E-state index in [4.69, 9.17) is 28.3 Å². The van der Waals surface area contributed by atoms with Crippen LogP contribution < -0.4 is 19.8 Å². The van der Waals surface area contributed by atoms with E-state index in [-0.39, 0.29) is 11.4 Å². The molecule has 0 radical (unpaired) electrons. The number of methoxy groups -OCH3 is 2. The molecule has 2 heterocycles. The molecule has 5 aromatic rings. The number of furan rings is 1. The van der Waals surface area contributed by atoms with Crippen molar-refractivity contribution in [2.24, 2.45) is 5.10 Å². The Balaban J connectivity index is 1.65. The molecule has 0 N–H and O–H groups in total. The summed E-state index contributed by atoms with van der Waals surface area (Å²) in [4.78, 5) is 30.5. The lowest BCUT2D eigenvalue weighted by Gasteiger charge is -2.19. The van der Waals surface area contributed by atoms with Gasteiger partial charge in [0.25, 0.3) is 5.56 Å². The average Bonchev–Trinajstić information content (AvgIpc) is 3.46. The first-order chi connectivity index (χ1) is 20.9. The zero-order valence-electron chi connectivity index (χ0n) is 24.3. The maximum absolute atomic E-state index is 13.7. The van der Waals surface area contributed by atoms with E-state index >= 15 is 0 Å². The van der Waals surface area contributed by atoms with Gasteiger partial charge in [0.2, 0.25) is 5.82 Å². The van der Waals surface area contributed by atoms with Crippen LogP contribution in [0.2, 0.25) is 0 Å². The second kappa shape index (κ2) is 12.6. The molecule has 0 aliphatic heterocycles. The largest absolute Gasteiger partial charge is 0.496 e. The topological polar surface area (TPSA) is 114 Å². The Morgan fingerprint density at radius 2 is 1.91 bits per heavy atom. The molecule has 0 fully saturated rings. The van der Waals surface area contributed by atoms with E-state index in [0.717, 1.165) is 5.39 Å². The number of fused-ring (bicyclic) bond motifs is 2. The van der Waals surface area contributed by atoms with Gasteiger partial charge in [0.15, 0.2) is 23.4 Å². The van der Waals surface area contributed by atoms with Gasteiger partial charge in [0.1, 0.15) is 11.3 Å². The Bertz CT molecular complexity index is 1900. The second-order valence-electron chi connectivity index (χ2n) is 9.51. The summed E-state index contributed by atoms with van der Waals surface area (Å²) >= 11 is 0. The molecule has 0 aliphatic carbocycles. The highest BCUT2D eigenvalue weighted by molar-refractivity contribution is 5.89. The van der Waals surface area contributed by atoms with E-state index in [1.54, 1.807) is 50.4 Å². The lowest BCUT2D eigenvalue weighted by atomic mass is 10.1. The summed E-state index contributed by atoms with van der Waals surface area (Å²) in [5.41, 5.74) is 2.06. The van der Waals surface area contributed by atoms with Gasteiger partial charge < -0.3 is 23.4 Å². The first-order valence-corrected chi connectivity index (χ1v) is 13.7. The number of carbonyl (C=O) groups excluding carboxylic acids is 1. The van der Waals surface area contributed by atoms with Crippen molar-refractivity contribution in [1.29, 1.82) is 0 Å². The zero-order chi connectivity index (χ0) is 30.5. The predicted molar refractivity (Wildman–Crippen MR) is 164 cm³/mol. The fraction of sp³-hybridized carbons (Fsp3) is 0.212. The SMILES string of the molecule is C=CCc1cc(C=Nn2c(-c3cc4c(OC)cccc4o3)nc3ccccc3c2=O)cc(OCC)c1O[C@@H](C)C(=O)OC. The number of allylic oxidation sites excluding steroid dienone is 1. The van der Waals surface area contributed by atoms with Gasteiger partial charge in [-0.25, -0.2) is 9.78 Å². The minimum atomic E-state index is -0.862. The Labute approximate surface area is 247 Å².